The van der Waals surface area contributed by atoms with Gasteiger partial charge < -0.3 is 10.2 Å². The van der Waals surface area contributed by atoms with Crippen LogP contribution in [0.1, 0.15) is 48.7 Å². The highest BCUT2D eigenvalue weighted by atomic mass is 35.5. The Labute approximate surface area is 155 Å². The van der Waals surface area contributed by atoms with Crippen LogP contribution in [-0.2, 0) is 0 Å². The minimum atomic E-state index is -0.146. The first kappa shape index (κ1) is 17.8. The molecular formula is C21H25ClN2O. The third-order valence-electron chi connectivity index (χ3n) is 4.88. The molecule has 1 N–H and O–H groups in total. The van der Waals surface area contributed by atoms with Gasteiger partial charge in [0.25, 0.3) is 5.91 Å². The lowest BCUT2D eigenvalue weighted by Crippen LogP contribution is -2.34. The van der Waals surface area contributed by atoms with E-state index in [1.54, 1.807) is 12.1 Å². The highest BCUT2D eigenvalue weighted by Crippen LogP contribution is 2.25. The molecule has 1 saturated heterocycles. The molecule has 132 valence electrons. The summed E-state index contributed by atoms with van der Waals surface area (Å²) in [7, 11) is 0. The SMILES string of the molecule is C[C@H]1CCCN(c2ccc([C@H](C)NC(=O)c3ccccc3Cl)cc2)C1. The summed E-state index contributed by atoms with van der Waals surface area (Å²) in [5.41, 5.74) is 2.86. The fourth-order valence-corrected chi connectivity index (χ4v) is 3.62. The van der Waals surface area contributed by atoms with Gasteiger partial charge >= 0.3 is 0 Å². The molecule has 2 atom stereocenters. The number of carbonyl (C=O) groups excluding carboxylic acids is 1. The summed E-state index contributed by atoms with van der Waals surface area (Å²) in [5.74, 6) is 0.606. The number of hydrogen-bond donors (Lipinski definition) is 1. The van der Waals surface area contributed by atoms with E-state index in [9.17, 15) is 4.79 Å². The number of piperidine rings is 1. The van der Waals surface area contributed by atoms with Gasteiger partial charge in [-0.1, -0.05) is 42.8 Å². The van der Waals surface area contributed by atoms with Gasteiger partial charge in [0.1, 0.15) is 0 Å². The summed E-state index contributed by atoms with van der Waals surface area (Å²) in [6.07, 6.45) is 2.58. The lowest BCUT2D eigenvalue weighted by atomic mass is 9.99. The highest BCUT2D eigenvalue weighted by molar-refractivity contribution is 6.33. The average Bonchev–Trinajstić information content (AvgIpc) is 2.62. The molecule has 3 rings (SSSR count). The molecule has 0 radical (unpaired) electrons. The molecule has 2 aromatic carbocycles. The zero-order valence-corrected chi connectivity index (χ0v) is 15.6. The molecule has 1 heterocycles. The normalized spacial score (nSPS) is 18.7. The third-order valence-corrected chi connectivity index (χ3v) is 5.21. The molecule has 4 heteroatoms. The van der Waals surface area contributed by atoms with Crippen molar-refractivity contribution in [3.05, 3.63) is 64.7 Å². The van der Waals surface area contributed by atoms with Crippen molar-refractivity contribution in [2.24, 2.45) is 5.92 Å². The molecule has 0 aliphatic carbocycles. The number of anilines is 1. The number of rotatable bonds is 4. The minimum Gasteiger partial charge on any atom is -0.371 e. The van der Waals surface area contributed by atoms with Crippen LogP contribution < -0.4 is 10.2 Å². The molecule has 3 nitrogen and oxygen atoms in total. The average molecular weight is 357 g/mol. The van der Waals surface area contributed by atoms with Crippen molar-refractivity contribution in [3.8, 4) is 0 Å². The van der Waals surface area contributed by atoms with E-state index in [1.165, 1.54) is 18.5 Å². The van der Waals surface area contributed by atoms with Crippen molar-refractivity contribution in [3.63, 3.8) is 0 Å². The van der Waals surface area contributed by atoms with Crippen molar-refractivity contribution in [1.82, 2.24) is 5.32 Å². The maximum absolute atomic E-state index is 12.4. The zero-order chi connectivity index (χ0) is 17.8. The number of benzene rings is 2. The van der Waals surface area contributed by atoms with Crippen LogP contribution in [-0.4, -0.2) is 19.0 Å². The largest absolute Gasteiger partial charge is 0.371 e. The first-order valence-electron chi connectivity index (χ1n) is 8.95. The fourth-order valence-electron chi connectivity index (χ4n) is 3.40. The lowest BCUT2D eigenvalue weighted by Gasteiger charge is -2.33. The smallest absolute Gasteiger partial charge is 0.253 e. The van der Waals surface area contributed by atoms with Crippen LogP contribution in [0.4, 0.5) is 5.69 Å². The summed E-state index contributed by atoms with van der Waals surface area (Å²) >= 11 is 6.10. The van der Waals surface area contributed by atoms with Crippen LogP contribution >= 0.6 is 11.6 Å². The monoisotopic (exact) mass is 356 g/mol. The second kappa shape index (κ2) is 7.92. The molecule has 1 aliphatic heterocycles. The number of amides is 1. The quantitative estimate of drug-likeness (QED) is 0.829. The molecule has 25 heavy (non-hydrogen) atoms. The number of hydrogen-bond acceptors (Lipinski definition) is 2. The van der Waals surface area contributed by atoms with Crippen molar-refractivity contribution < 1.29 is 4.79 Å². The number of nitrogens with zero attached hydrogens (tertiary/aromatic N) is 1. The van der Waals surface area contributed by atoms with Crippen LogP contribution in [0, 0.1) is 5.92 Å². The van der Waals surface area contributed by atoms with E-state index < -0.39 is 0 Å². The standard InChI is InChI=1S/C21H25ClN2O/c1-15-6-5-13-24(14-15)18-11-9-17(10-12-18)16(2)23-21(25)19-7-3-4-8-20(19)22/h3-4,7-12,15-16H,5-6,13-14H2,1-2H3,(H,23,25)/t15-,16-/m0/s1. The third kappa shape index (κ3) is 4.35. The summed E-state index contributed by atoms with van der Waals surface area (Å²) in [6, 6.07) is 15.6. The predicted molar refractivity (Wildman–Crippen MR) is 104 cm³/mol. The molecule has 0 bridgehead atoms. The Morgan fingerprint density at radius 3 is 2.60 bits per heavy atom. The number of nitrogens with one attached hydrogen (secondary N) is 1. The fraction of sp³-hybridized carbons (Fsp3) is 0.381. The summed E-state index contributed by atoms with van der Waals surface area (Å²) in [5, 5.41) is 3.50. The number of carbonyl (C=O) groups is 1. The molecule has 0 saturated carbocycles. The molecule has 0 unspecified atom stereocenters. The molecule has 0 spiro atoms. The van der Waals surface area contributed by atoms with E-state index in [0.717, 1.165) is 24.6 Å². The molecule has 1 amide bonds. The Balaban J connectivity index is 1.65. The van der Waals surface area contributed by atoms with Gasteiger partial charge in [-0.15, -0.1) is 0 Å². The van der Waals surface area contributed by atoms with E-state index in [2.05, 4.69) is 41.4 Å². The minimum absolute atomic E-state index is 0.0712. The molecule has 0 aromatic heterocycles. The molecule has 1 fully saturated rings. The van der Waals surface area contributed by atoms with Gasteiger partial charge in [0, 0.05) is 18.8 Å². The molecular weight excluding hydrogens is 332 g/mol. The molecule has 1 aliphatic rings. The second-order valence-electron chi connectivity index (χ2n) is 6.96. The Morgan fingerprint density at radius 2 is 1.92 bits per heavy atom. The molecule has 2 aromatic rings. The van der Waals surface area contributed by atoms with Gasteiger partial charge in [-0.3, -0.25) is 4.79 Å². The van der Waals surface area contributed by atoms with Crippen LogP contribution in [0.15, 0.2) is 48.5 Å². The van der Waals surface area contributed by atoms with Gasteiger partial charge in [-0.2, -0.15) is 0 Å². The lowest BCUT2D eigenvalue weighted by molar-refractivity contribution is 0.0940. The Hall–Kier alpha value is -2.00. The van der Waals surface area contributed by atoms with E-state index in [0.29, 0.717) is 10.6 Å². The Morgan fingerprint density at radius 1 is 1.20 bits per heavy atom. The van der Waals surface area contributed by atoms with Crippen molar-refractivity contribution in [1.29, 1.82) is 0 Å². The highest BCUT2D eigenvalue weighted by Gasteiger charge is 2.17. The predicted octanol–water partition coefficient (Wildman–Crippen LogP) is 5.07. The van der Waals surface area contributed by atoms with Crippen LogP contribution in [0.25, 0.3) is 0 Å². The van der Waals surface area contributed by atoms with Crippen LogP contribution in [0.5, 0.6) is 0 Å². The van der Waals surface area contributed by atoms with Crippen molar-refractivity contribution in [2.45, 2.75) is 32.7 Å². The summed E-state index contributed by atoms with van der Waals surface area (Å²) in [6.45, 7) is 6.56. The first-order valence-corrected chi connectivity index (χ1v) is 9.32. The topological polar surface area (TPSA) is 32.3 Å². The van der Waals surface area contributed by atoms with Crippen molar-refractivity contribution >= 4 is 23.2 Å². The zero-order valence-electron chi connectivity index (χ0n) is 14.8. The van der Waals surface area contributed by atoms with Gasteiger partial charge in [-0.05, 0) is 55.5 Å². The van der Waals surface area contributed by atoms with Crippen molar-refractivity contribution in [2.75, 3.05) is 18.0 Å². The summed E-state index contributed by atoms with van der Waals surface area (Å²) < 4.78 is 0. The van der Waals surface area contributed by atoms with Gasteiger partial charge in [0.2, 0.25) is 0 Å². The van der Waals surface area contributed by atoms with Gasteiger partial charge in [0.05, 0.1) is 16.6 Å². The van der Waals surface area contributed by atoms with E-state index in [4.69, 9.17) is 11.6 Å². The summed E-state index contributed by atoms with van der Waals surface area (Å²) in [4.78, 5) is 14.8. The van der Waals surface area contributed by atoms with E-state index in [1.807, 2.05) is 19.1 Å². The maximum atomic E-state index is 12.4. The van der Waals surface area contributed by atoms with Crippen LogP contribution in [0.2, 0.25) is 5.02 Å². The Bertz CT molecular complexity index is 729. The van der Waals surface area contributed by atoms with E-state index in [-0.39, 0.29) is 11.9 Å². The van der Waals surface area contributed by atoms with E-state index >= 15 is 0 Å². The van der Waals surface area contributed by atoms with Gasteiger partial charge in [0.15, 0.2) is 0 Å². The Kier molecular flexibility index (Phi) is 5.64. The van der Waals surface area contributed by atoms with Gasteiger partial charge in [-0.25, -0.2) is 0 Å². The number of halogens is 1. The first-order chi connectivity index (χ1) is 12.0. The maximum Gasteiger partial charge on any atom is 0.253 e. The second-order valence-corrected chi connectivity index (χ2v) is 7.37. The van der Waals surface area contributed by atoms with Crippen LogP contribution in [0.3, 0.4) is 0 Å².